The van der Waals surface area contributed by atoms with Gasteiger partial charge in [0.25, 0.3) is 0 Å². The number of rotatable bonds is 9. The molecule has 0 aromatic rings. The van der Waals surface area contributed by atoms with E-state index in [1.54, 1.807) is 0 Å². The molecule has 92 valence electrons. The summed E-state index contributed by atoms with van der Waals surface area (Å²) in [7, 11) is 0. The Morgan fingerprint density at radius 1 is 1.00 bits per heavy atom. The quantitative estimate of drug-likeness (QED) is 0.472. The molecule has 0 aliphatic heterocycles. The summed E-state index contributed by atoms with van der Waals surface area (Å²) in [5, 5.41) is 7.02. The maximum atomic E-state index is 3.51. The molecule has 0 fully saturated rings. The van der Waals surface area contributed by atoms with Gasteiger partial charge in [-0.2, -0.15) is 0 Å². The van der Waals surface area contributed by atoms with Crippen molar-refractivity contribution in [2.75, 3.05) is 11.8 Å². The summed E-state index contributed by atoms with van der Waals surface area (Å²) >= 11 is 1.93. The Labute approximate surface area is 100.0 Å². The number of hydrogen-bond acceptors (Lipinski definition) is 3. The van der Waals surface area contributed by atoms with Gasteiger partial charge in [0, 0.05) is 23.8 Å². The highest BCUT2D eigenvalue weighted by atomic mass is 32.2. The van der Waals surface area contributed by atoms with Crippen LogP contribution in [0.2, 0.25) is 0 Å². The molecule has 0 spiro atoms. The third-order valence-corrected chi connectivity index (χ3v) is 3.50. The minimum atomic E-state index is 0.616. The molecule has 0 rings (SSSR count). The molecule has 3 heteroatoms. The van der Waals surface area contributed by atoms with Crippen molar-refractivity contribution >= 4 is 11.8 Å². The molecule has 15 heavy (non-hydrogen) atoms. The molecule has 0 amide bonds. The summed E-state index contributed by atoms with van der Waals surface area (Å²) in [6.45, 7) is 11.2. The number of nitrogens with one attached hydrogen (secondary N) is 2. The maximum absolute atomic E-state index is 3.51. The summed E-state index contributed by atoms with van der Waals surface area (Å²) in [5.41, 5.74) is 0. The minimum absolute atomic E-state index is 0.616. The summed E-state index contributed by atoms with van der Waals surface area (Å²) < 4.78 is 0. The van der Waals surface area contributed by atoms with Gasteiger partial charge in [-0.05, 0) is 26.2 Å². The summed E-state index contributed by atoms with van der Waals surface area (Å²) in [6.07, 6.45) is 2.54. The molecular weight excluding hydrogens is 204 g/mol. The summed E-state index contributed by atoms with van der Waals surface area (Å²) in [5.74, 6) is 2.82. The summed E-state index contributed by atoms with van der Waals surface area (Å²) in [4.78, 5) is 0. The van der Waals surface area contributed by atoms with Crippen molar-refractivity contribution < 1.29 is 0 Å². The molecule has 0 radical (unpaired) electrons. The molecule has 0 aromatic carbocycles. The average molecular weight is 232 g/mol. The Balaban J connectivity index is 3.24. The van der Waals surface area contributed by atoms with Gasteiger partial charge >= 0.3 is 0 Å². The van der Waals surface area contributed by atoms with E-state index in [4.69, 9.17) is 0 Å². The lowest BCUT2D eigenvalue weighted by Crippen LogP contribution is -2.32. The van der Waals surface area contributed by atoms with Crippen LogP contribution >= 0.6 is 11.8 Å². The molecule has 2 unspecified atom stereocenters. The van der Waals surface area contributed by atoms with Crippen molar-refractivity contribution in [3.05, 3.63) is 0 Å². The first-order valence-corrected chi connectivity index (χ1v) is 7.27. The van der Waals surface area contributed by atoms with Gasteiger partial charge in [-0.3, -0.25) is 0 Å². The van der Waals surface area contributed by atoms with E-state index in [0.717, 1.165) is 17.7 Å². The zero-order valence-corrected chi connectivity index (χ0v) is 11.8. The van der Waals surface area contributed by atoms with Crippen LogP contribution in [0.15, 0.2) is 0 Å². The highest BCUT2D eigenvalue weighted by molar-refractivity contribution is 7.99. The van der Waals surface area contributed by atoms with Gasteiger partial charge in [-0.25, -0.2) is 0 Å². The molecule has 0 saturated carbocycles. The molecule has 2 atom stereocenters. The summed E-state index contributed by atoms with van der Waals surface area (Å²) in [6, 6.07) is 1.27. The highest BCUT2D eigenvalue weighted by Crippen LogP contribution is 2.03. The molecule has 0 aliphatic carbocycles. The van der Waals surface area contributed by atoms with Gasteiger partial charge in [0.05, 0.1) is 0 Å². The Morgan fingerprint density at radius 2 is 1.60 bits per heavy atom. The Hall–Kier alpha value is 0.270. The van der Waals surface area contributed by atoms with Crippen LogP contribution in [0.25, 0.3) is 0 Å². The van der Waals surface area contributed by atoms with Gasteiger partial charge in [-0.1, -0.05) is 27.2 Å². The van der Waals surface area contributed by atoms with Gasteiger partial charge in [0.1, 0.15) is 0 Å². The molecule has 0 aromatic heterocycles. The van der Waals surface area contributed by atoms with Gasteiger partial charge < -0.3 is 10.6 Å². The first kappa shape index (κ1) is 15.3. The molecule has 0 aliphatic rings. The SMILES string of the molecule is CCCC(C)NCSCNC(C)C(C)C. The van der Waals surface area contributed by atoms with E-state index in [0.29, 0.717) is 12.1 Å². The van der Waals surface area contributed by atoms with Crippen molar-refractivity contribution in [2.45, 2.75) is 59.5 Å². The molecule has 0 saturated heterocycles. The lowest BCUT2D eigenvalue weighted by molar-refractivity contribution is 0.453. The van der Waals surface area contributed by atoms with Crippen LogP contribution in [-0.2, 0) is 0 Å². The van der Waals surface area contributed by atoms with Crippen LogP contribution in [0.3, 0.4) is 0 Å². The van der Waals surface area contributed by atoms with Crippen molar-refractivity contribution in [3.63, 3.8) is 0 Å². The standard InChI is InChI=1S/C12H28N2S/c1-6-7-11(4)13-8-15-9-14-12(5)10(2)3/h10-14H,6-9H2,1-5H3. The molecular formula is C12H28N2S. The van der Waals surface area contributed by atoms with Gasteiger partial charge in [0.15, 0.2) is 0 Å². The van der Waals surface area contributed by atoms with E-state index < -0.39 is 0 Å². The van der Waals surface area contributed by atoms with E-state index in [9.17, 15) is 0 Å². The van der Waals surface area contributed by atoms with Gasteiger partial charge in [0.2, 0.25) is 0 Å². The van der Waals surface area contributed by atoms with Crippen molar-refractivity contribution in [1.29, 1.82) is 0 Å². The van der Waals surface area contributed by atoms with Crippen LogP contribution in [0.1, 0.15) is 47.5 Å². The minimum Gasteiger partial charge on any atom is -0.305 e. The van der Waals surface area contributed by atoms with Crippen molar-refractivity contribution in [1.82, 2.24) is 10.6 Å². The second-order valence-electron chi connectivity index (χ2n) is 4.62. The fraction of sp³-hybridized carbons (Fsp3) is 1.00. The monoisotopic (exact) mass is 232 g/mol. The second kappa shape index (κ2) is 9.49. The van der Waals surface area contributed by atoms with Crippen LogP contribution in [0.5, 0.6) is 0 Å². The zero-order valence-electron chi connectivity index (χ0n) is 11.0. The van der Waals surface area contributed by atoms with Crippen molar-refractivity contribution in [2.24, 2.45) is 5.92 Å². The lowest BCUT2D eigenvalue weighted by Gasteiger charge is -2.18. The third-order valence-electron chi connectivity index (χ3n) is 2.76. The van der Waals surface area contributed by atoms with E-state index in [-0.39, 0.29) is 0 Å². The van der Waals surface area contributed by atoms with E-state index in [1.165, 1.54) is 12.8 Å². The number of thioether (sulfide) groups is 1. The van der Waals surface area contributed by atoms with E-state index in [1.807, 2.05) is 11.8 Å². The Morgan fingerprint density at radius 3 is 2.13 bits per heavy atom. The Bertz CT molecular complexity index is 140. The molecule has 2 nitrogen and oxygen atoms in total. The third kappa shape index (κ3) is 9.21. The lowest BCUT2D eigenvalue weighted by atomic mass is 10.1. The van der Waals surface area contributed by atoms with Crippen LogP contribution in [-0.4, -0.2) is 23.8 Å². The highest BCUT2D eigenvalue weighted by Gasteiger charge is 2.05. The Kier molecular flexibility index (Phi) is 9.66. The van der Waals surface area contributed by atoms with Crippen LogP contribution < -0.4 is 10.6 Å². The second-order valence-corrected chi connectivity index (χ2v) is 5.61. The first-order valence-electron chi connectivity index (χ1n) is 6.12. The predicted octanol–water partition coefficient (Wildman–Crippen LogP) is 3.05. The maximum Gasteiger partial charge on any atom is 0.0432 e. The first-order chi connectivity index (χ1) is 7.07. The zero-order chi connectivity index (χ0) is 11.7. The molecule has 0 heterocycles. The van der Waals surface area contributed by atoms with E-state index in [2.05, 4.69) is 45.3 Å². The molecule has 0 bridgehead atoms. The topological polar surface area (TPSA) is 24.1 Å². The number of hydrogen-bond donors (Lipinski definition) is 2. The van der Waals surface area contributed by atoms with Crippen LogP contribution in [0, 0.1) is 5.92 Å². The van der Waals surface area contributed by atoms with E-state index >= 15 is 0 Å². The smallest absolute Gasteiger partial charge is 0.0432 e. The van der Waals surface area contributed by atoms with Crippen molar-refractivity contribution in [3.8, 4) is 0 Å². The fourth-order valence-electron chi connectivity index (χ4n) is 1.21. The largest absolute Gasteiger partial charge is 0.305 e. The normalized spacial score (nSPS) is 15.6. The fourth-order valence-corrected chi connectivity index (χ4v) is 2.10. The molecule has 2 N–H and O–H groups in total. The average Bonchev–Trinajstić information content (AvgIpc) is 2.17. The predicted molar refractivity (Wildman–Crippen MR) is 72.3 cm³/mol. The van der Waals surface area contributed by atoms with Gasteiger partial charge in [-0.15, -0.1) is 11.8 Å². The van der Waals surface area contributed by atoms with Crippen LogP contribution in [0.4, 0.5) is 0 Å².